The Labute approximate surface area is 144 Å². The van der Waals surface area contributed by atoms with Crippen molar-refractivity contribution in [1.29, 1.82) is 0 Å². The van der Waals surface area contributed by atoms with Gasteiger partial charge in [0.25, 0.3) is 0 Å². The molecule has 0 spiro atoms. The van der Waals surface area contributed by atoms with E-state index in [2.05, 4.69) is 11.7 Å². The van der Waals surface area contributed by atoms with E-state index < -0.39 is 0 Å². The van der Waals surface area contributed by atoms with Gasteiger partial charge in [-0.05, 0) is 25.2 Å². The molecule has 1 unspecified atom stereocenters. The number of hydrogen-bond acceptors (Lipinski definition) is 3. The molecule has 0 aliphatic carbocycles. The van der Waals surface area contributed by atoms with Crippen LogP contribution in [0.3, 0.4) is 0 Å². The fourth-order valence-corrected chi connectivity index (χ4v) is 3.05. The first-order valence-corrected chi connectivity index (χ1v) is 9.92. The van der Waals surface area contributed by atoms with Gasteiger partial charge in [0.1, 0.15) is 0 Å². The number of unbranched alkanes of at least 4 members (excludes halogenated alkanes) is 10. The number of rotatable bonds is 17. The molecule has 0 aromatic heterocycles. The minimum absolute atomic E-state index is 0.0851. The van der Waals surface area contributed by atoms with Crippen molar-refractivity contribution in [3.63, 3.8) is 0 Å². The number of carbonyl (C=O) groups is 1. The van der Waals surface area contributed by atoms with Crippen molar-refractivity contribution in [3.8, 4) is 0 Å². The zero-order valence-corrected chi connectivity index (χ0v) is 15.7. The van der Waals surface area contributed by atoms with Gasteiger partial charge in [-0.3, -0.25) is 4.79 Å². The SMILES string of the molecule is CCCCCCC(CO)CCCCCCCCCCC(=O)OC. The maximum absolute atomic E-state index is 11.0. The second-order valence-corrected chi connectivity index (χ2v) is 6.84. The van der Waals surface area contributed by atoms with Crippen molar-refractivity contribution in [3.05, 3.63) is 0 Å². The average Bonchev–Trinajstić information content (AvgIpc) is 2.57. The van der Waals surface area contributed by atoms with E-state index in [1.165, 1.54) is 84.2 Å². The Morgan fingerprint density at radius 1 is 0.826 bits per heavy atom. The van der Waals surface area contributed by atoms with E-state index in [0.717, 1.165) is 12.8 Å². The quantitative estimate of drug-likeness (QED) is 0.278. The van der Waals surface area contributed by atoms with Crippen LogP contribution in [0.4, 0.5) is 0 Å². The third-order valence-corrected chi connectivity index (χ3v) is 4.70. The summed E-state index contributed by atoms with van der Waals surface area (Å²) in [5.41, 5.74) is 0. The number of aliphatic hydroxyl groups excluding tert-OH is 1. The molecule has 0 amide bonds. The lowest BCUT2D eigenvalue weighted by Gasteiger charge is -2.13. The maximum Gasteiger partial charge on any atom is 0.305 e. The Balaban J connectivity index is 3.28. The smallest absolute Gasteiger partial charge is 0.305 e. The molecule has 0 aliphatic rings. The van der Waals surface area contributed by atoms with Crippen LogP contribution in [-0.4, -0.2) is 24.8 Å². The number of methoxy groups -OCH3 is 1. The second kappa shape index (κ2) is 17.8. The first-order valence-electron chi connectivity index (χ1n) is 9.92. The Hall–Kier alpha value is -0.570. The van der Waals surface area contributed by atoms with E-state index >= 15 is 0 Å². The topological polar surface area (TPSA) is 46.5 Å². The van der Waals surface area contributed by atoms with Crippen molar-refractivity contribution < 1.29 is 14.6 Å². The van der Waals surface area contributed by atoms with Crippen LogP contribution in [0.5, 0.6) is 0 Å². The van der Waals surface area contributed by atoms with Gasteiger partial charge in [-0.2, -0.15) is 0 Å². The van der Waals surface area contributed by atoms with Gasteiger partial charge in [-0.25, -0.2) is 0 Å². The molecule has 138 valence electrons. The molecule has 0 rings (SSSR count). The first-order chi connectivity index (χ1) is 11.2. The lowest BCUT2D eigenvalue weighted by molar-refractivity contribution is -0.140. The van der Waals surface area contributed by atoms with Crippen LogP contribution in [0.2, 0.25) is 0 Å². The summed E-state index contributed by atoms with van der Waals surface area (Å²) in [6.07, 6.45) is 18.0. The monoisotopic (exact) mass is 328 g/mol. The number of ether oxygens (including phenoxy) is 1. The Kier molecular flexibility index (Phi) is 17.3. The average molecular weight is 329 g/mol. The zero-order chi connectivity index (χ0) is 17.2. The molecule has 3 nitrogen and oxygen atoms in total. The van der Waals surface area contributed by atoms with E-state index in [1.54, 1.807) is 0 Å². The van der Waals surface area contributed by atoms with E-state index in [4.69, 9.17) is 0 Å². The van der Waals surface area contributed by atoms with Crippen molar-refractivity contribution in [2.24, 2.45) is 5.92 Å². The zero-order valence-electron chi connectivity index (χ0n) is 15.7. The first kappa shape index (κ1) is 22.4. The van der Waals surface area contributed by atoms with Crippen molar-refractivity contribution >= 4 is 5.97 Å². The molecule has 0 bridgehead atoms. The largest absolute Gasteiger partial charge is 0.469 e. The van der Waals surface area contributed by atoms with Crippen LogP contribution >= 0.6 is 0 Å². The molecule has 0 aromatic rings. The molecular formula is C20H40O3. The Morgan fingerprint density at radius 3 is 1.78 bits per heavy atom. The van der Waals surface area contributed by atoms with Crippen LogP contribution in [0.25, 0.3) is 0 Å². The third-order valence-electron chi connectivity index (χ3n) is 4.70. The van der Waals surface area contributed by atoms with Crippen molar-refractivity contribution in [2.45, 2.75) is 103 Å². The lowest BCUT2D eigenvalue weighted by Crippen LogP contribution is -2.06. The summed E-state index contributed by atoms with van der Waals surface area (Å²) < 4.78 is 4.63. The molecule has 0 aromatic carbocycles. The van der Waals surface area contributed by atoms with Gasteiger partial charge in [0.05, 0.1) is 7.11 Å². The minimum atomic E-state index is -0.0851. The summed E-state index contributed by atoms with van der Waals surface area (Å²) in [4.78, 5) is 11.0. The third kappa shape index (κ3) is 16.1. The maximum atomic E-state index is 11.0. The summed E-state index contributed by atoms with van der Waals surface area (Å²) in [5, 5.41) is 9.43. The molecule has 0 saturated heterocycles. The summed E-state index contributed by atoms with van der Waals surface area (Å²) in [6, 6.07) is 0. The molecule has 0 aliphatic heterocycles. The van der Waals surface area contributed by atoms with Crippen LogP contribution < -0.4 is 0 Å². The van der Waals surface area contributed by atoms with Crippen LogP contribution in [-0.2, 0) is 9.53 Å². The highest BCUT2D eigenvalue weighted by molar-refractivity contribution is 5.68. The molecule has 0 saturated carbocycles. The van der Waals surface area contributed by atoms with E-state index in [-0.39, 0.29) is 5.97 Å². The lowest BCUT2D eigenvalue weighted by atomic mass is 9.95. The van der Waals surface area contributed by atoms with Gasteiger partial charge in [0.2, 0.25) is 0 Å². The molecule has 23 heavy (non-hydrogen) atoms. The number of aliphatic hydroxyl groups is 1. The molecule has 1 N–H and O–H groups in total. The van der Waals surface area contributed by atoms with Gasteiger partial charge in [0, 0.05) is 13.0 Å². The van der Waals surface area contributed by atoms with Gasteiger partial charge in [0.15, 0.2) is 0 Å². The van der Waals surface area contributed by atoms with E-state index in [1.807, 2.05) is 0 Å². The van der Waals surface area contributed by atoms with Gasteiger partial charge in [-0.1, -0.05) is 77.6 Å². The summed E-state index contributed by atoms with van der Waals surface area (Å²) >= 11 is 0. The van der Waals surface area contributed by atoms with Crippen LogP contribution in [0, 0.1) is 5.92 Å². The highest BCUT2D eigenvalue weighted by Crippen LogP contribution is 2.18. The number of esters is 1. The Bertz CT molecular complexity index is 253. The highest BCUT2D eigenvalue weighted by atomic mass is 16.5. The normalized spacial score (nSPS) is 12.3. The molecule has 3 heteroatoms. The van der Waals surface area contributed by atoms with Crippen molar-refractivity contribution in [1.82, 2.24) is 0 Å². The van der Waals surface area contributed by atoms with Gasteiger partial charge < -0.3 is 9.84 Å². The molecule has 0 fully saturated rings. The van der Waals surface area contributed by atoms with Gasteiger partial charge >= 0.3 is 5.97 Å². The summed E-state index contributed by atoms with van der Waals surface area (Å²) in [6.45, 7) is 2.61. The minimum Gasteiger partial charge on any atom is -0.469 e. The van der Waals surface area contributed by atoms with Gasteiger partial charge in [-0.15, -0.1) is 0 Å². The fourth-order valence-electron chi connectivity index (χ4n) is 3.05. The van der Waals surface area contributed by atoms with Crippen molar-refractivity contribution in [2.75, 3.05) is 13.7 Å². The fraction of sp³-hybridized carbons (Fsp3) is 0.950. The van der Waals surface area contributed by atoms with Crippen LogP contribution in [0.15, 0.2) is 0 Å². The summed E-state index contributed by atoms with van der Waals surface area (Å²) in [5.74, 6) is 0.448. The molecule has 0 heterocycles. The van der Waals surface area contributed by atoms with E-state index in [9.17, 15) is 9.90 Å². The second-order valence-electron chi connectivity index (χ2n) is 6.84. The number of hydrogen-bond donors (Lipinski definition) is 1. The molecule has 0 radical (unpaired) electrons. The highest BCUT2D eigenvalue weighted by Gasteiger charge is 2.06. The molecular weight excluding hydrogens is 288 g/mol. The summed E-state index contributed by atoms with van der Waals surface area (Å²) in [7, 11) is 1.45. The standard InChI is InChI=1S/C20H40O3/c1-3-4-5-12-15-19(18-21)16-13-10-8-6-7-9-11-14-17-20(22)23-2/h19,21H,3-18H2,1-2H3. The van der Waals surface area contributed by atoms with Crippen LogP contribution in [0.1, 0.15) is 103 Å². The number of carbonyl (C=O) groups excluding carboxylic acids is 1. The molecule has 1 atom stereocenters. The Morgan fingerprint density at radius 2 is 1.30 bits per heavy atom. The van der Waals surface area contributed by atoms with E-state index in [0.29, 0.717) is 18.9 Å². The predicted molar refractivity (Wildman–Crippen MR) is 97.5 cm³/mol. The predicted octanol–water partition coefficient (Wildman–Crippen LogP) is 5.64.